The van der Waals surface area contributed by atoms with E-state index in [1.807, 2.05) is 24.3 Å². The maximum Gasteiger partial charge on any atom is 0.274 e. The number of amides is 1. The van der Waals surface area contributed by atoms with E-state index in [0.717, 1.165) is 11.3 Å². The van der Waals surface area contributed by atoms with Crippen molar-refractivity contribution in [2.45, 2.75) is 19.8 Å². The van der Waals surface area contributed by atoms with Gasteiger partial charge in [-0.05, 0) is 29.7 Å². The molecule has 0 atom stereocenters. The second-order valence-corrected chi connectivity index (χ2v) is 4.67. The van der Waals surface area contributed by atoms with Gasteiger partial charge >= 0.3 is 0 Å². The molecule has 0 aliphatic rings. The minimum atomic E-state index is -0.250. The summed E-state index contributed by atoms with van der Waals surface area (Å²) in [6.45, 7) is 4.17. The molecule has 3 N–H and O–H groups in total. The molecule has 0 saturated carbocycles. The molecule has 1 aromatic heterocycles. The first kappa shape index (κ1) is 13.1. The van der Waals surface area contributed by atoms with E-state index in [1.165, 1.54) is 6.20 Å². The van der Waals surface area contributed by atoms with E-state index in [1.54, 1.807) is 12.1 Å². The molecule has 19 heavy (non-hydrogen) atoms. The summed E-state index contributed by atoms with van der Waals surface area (Å²) in [5.74, 6) is 0.0886. The molecule has 0 aliphatic heterocycles. The largest absolute Gasteiger partial charge is 0.399 e. The van der Waals surface area contributed by atoms with Gasteiger partial charge in [0.25, 0.3) is 5.91 Å². The van der Waals surface area contributed by atoms with Crippen molar-refractivity contribution in [2.24, 2.45) is 0 Å². The number of carbonyl (C=O) groups excluding carboxylic acids is 1. The Morgan fingerprint density at radius 2 is 2.00 bits per heavy atom. The highest BCUT2D eigenvalue weighted by Gasteiger charge is 2.11. The van der Waals surface area contributed by atoms with Gasteiger partial charge in [-0.3, -0.25) is 9.78 Å². The fraction of sp³-hybridized carbons (Fsp3) is 0.200. The van der Waals surface area contributed by atoms with Crippen LogP contribution in [0.4, 0.5) is 11.4 Å². The third-order valence-electron chi connectivity index (χ3n) is 2.85. The van der Waals surface area contributed by atoms with Gasteiger partial charge in [-0.15, -0.1) is 0 Å². The average molecular weight is 255 g/mol. The third-order valence-corrected chi connectivity index (χ3v) is 2.85. The number of nitrogens with one attached hydrogen (secondary N) is 1. The van der Waals surface area contributed by atoms with E-state index in [4.69, 9.17) is 5.73 Å². The summed E-state index contributed by atoms with van der Waals surface area (Å²) in [6, 6.07) is 11.0. The first-order valence-corrected chi connectivity index (χ1v) is 6.19. The van der Waals surface area contributed by atoms with Crippen molar-refractivity contribution in [3.8, 4) is 0 Å². The number of para-hydroxylation sites is 1. The summed E-state index contributed by atoms with van der Waals surface area (Å²) in [7, 11) is 0. The van der Waals surface area contributed by atoms with E-state index in [-0.39, 0.29) is 5.91 Å². The molecule has 0 unspecified atom stereocenters. The first-order valence-electron chi connectivity index (χ1n) is 6.19. The minimum Gasteiger partial charge on any atom is -0.399 e. The number of nitrogen functional groups attached to an aromatic ring is 1. The van der Waals surface area contributed by atoms with E-state index < -0.39 is 0 Å². The number of rotatable bonds is 3. The number of pyridine rings is 1. The summed E-state index contributed by atoms with van der Waals surface area (Å²) < 4.78 is 0. The Hall–Kier alpha value is -2.36. The summed E-state index contributed by atoms with van der Waals surface area (Å²) in [5, 5.41) is 2.88. The zero-order valence-corrected chi connectivity index (χ0v) is 11.1. The van der Waals surface area contributed by atoms with Crippen molar-refractivity contribution in [3.63, 3.8) is 0 Å². The van der Waals surface area contributed by atoms with Crippen molar-refractivity contribution in [2.75, 3.05) is 11.1 Å². The van der Waals surface area contributed by atoms with E-state index in [0.29, 0.717) is 17.3 Å². The molecule has 2 rings (SSSR count). The highest BCUT2D eigenvalue weighted by Crippen LogP contribution is 2.24. The quantitative estimate of drug-likeness (QED) is 0.885. The van der Waals surface area contributed by atoms with Gasteiger partial charge in [0.05, 0.1) is 0 Å². The van der Waals surface area contributed by atoms with E-state index >= 15 is 0 Å². The van der Waals surface area contributed by atoms with Crippen molar-refractivity contribution in [1.82, 2.24) is 4.98 Å². The van der Waals surface area contributed by atoms with Gasteiger partial charge in [-0.1, -0.05) is 32.0 Å². The van der Waals surface area contributed by atoms with E-state index in [2.05, 4.69) is 24.1 Å². The minimum absolute atomic E-state index is 0.250. The highest BCUT2D eigenvalue weighted by molar-refractivity contribution is 6.03. The number of carbonyl (C=O) groups is 1. The van der Waals surface area contributed by atoms with Gasteiger partial charge in [-0.25, -0.2) is 0 Å². The van der Waals surface area contributed by atoms with Crippen LogP contribution in [0.15, 0.2) is 42.6 Å². The van der Waals surface area contributed by atoms with Gasteiger partial charge in [0.1, 0.15) is 5.69 Å². The topological polar surface area (TPSA) is 68.0 Å². The predicted octanol–water partition coefficient (Wildman–Crippen LogP) is 3.04. The molecule has 0 bridgehead atoms. The van der Waals surface area contributed by atoms with Crippen LogP contribution < -0.4 is 11.1 Å². The Kier molecular flexibility index (Phi) is 3.80. The molecule has 0 spiro atoms. The monoisotopic (exact) mass is 255 g/mol. The number of aromatic nitrogens is 1. The second-order valence-electron chi connectivity index (χ2n) is 4.67. The standard InChI is InChI=1S/C15H17N3O/c1-10(2)12-5-3-4-6-13(12)18-15(19)14-9-11(16)7-8-17-14/h3-10H,1-2H3,(H2,16,17)(H,18,19). The van der Waals surface area contributed by atoms with Gasteiger partial charge in [-0.2, -0.15) is 0 Å². The predicted molar refractivity (Wildman–Crippen MR) is 77.1 cm³/mol. The zero-order chi connectivity index (χ0) is 13.8. The van der Waals surface area contributed by atoms with Gasteiger partial charge < -0.3 is 11.1 Å². The summed E-state index contributed by atoms with van der Waals surface area (Å²) in [4.78, 5) is 16.1. The Morgan fingerprint density at radius 1 is 1.26 bits per heavy atom. The van der Waals surface area contributed by atoms with Gasteiger partial charge in [0, 0.05) is 17.6 Å². The molecule has 0 fully saturated rings. The number of nitrogens with zero attached hydrogens (tertiary/aromatic N) is 1. The lowest BCUT2D eigenvalue weighted by Gasteiger charge is -2.13. The Labute approximate surface area is 112 Å². The van der Waals surface area contributed by atoms with Gasteiger partial charge in [0.15, 0.2) is 0 Å². The smallest absolute Gasteiger partial charge is 0.274 e. The number of anilines is 2. The molecular weight excluding hydrogens is 238 g/mol. The third kappa shape index (κ3) is 3.10. The van der Waals surface area contributed by atoms with Crippen LogP contribution in [0, 0.1) is 0 Å². The Bertz CT molecular complexity index is 593. The summed E-state index contributed by atoms with van der Waals surface area (Å²) >= 11 is 0. The van der Waals surface area contributed by atoms with Crippen LogP contribution >= 0.6 is 0 Å². The normalized spacial score (nSPS) is 10.5. The van der Waals surface area contributed by atoms with Crippen LogP contribution in [0.2, 0.25) is 0 Å². The van der Waals surface area contributed by atoms with Crippen LogP contribution in [0.25, 0.3) is 0 Å². The molecule has 0 radical (unpaired) electrons. The number of benzene rings is 1. The lowest BCUT2D eigenvalue weighted by atomic mass is 10.0. The molecule has 4 nitrogen and oxygen atoms in total. The molecule has 2 aromatic rings. The van der Waals surface area contributed by atoms with Crippen molar-refractivity contribution < 1.29 is 4.79 Å². The lowest BCUT2D eigenvalue weighted by Crippen LogP contribution is -2.15. The fourth-order valence-electron chi connectivity index (χ4n) is 1.87. The van der Waals surface area contributed by atoms with Crippen molar-refractivity contribution in [3.05, 3.63) is 53.9 Å². The average Bonchev–Trinajstić information content (AvgIpc) is 2.39. The Morgan fingerprint density at radius 3 is 2.68 bits per heavy atom. The molecule has 98 valence electrons. The molecule has 1 amide bonds. The van der Waals surface area contributed by atoms with Crippen LogP contribution in [-0.4, -0.2) is 10.9 Å². The molecule has 4 heteroatoms. The summed E-state index contributed by atoms with van der Waals surface area (Å²) in [5.41, 5.74) is 8.40. The van der Waals surface area contributed by atoms with E-state index in [9.17, 15) is 4.79 Å². The molecule has 0 aliphatic carbocycles. The van der Waals surface area contributed by atoms with Crippen molar-refractivity contribution in [1.29, 1.82) is 0 Å². The van der Waals surface area contributed by atoms with Crippen molar-refractivity contribution >= 4 is 17.3 Å². The maximum atomic E-state index is 12.1. The number of hydrogen-bond acceptors (Lipinski definition) is 3. The van der Waals surface area contributed by atoms with Gasteiger partial charge in [0.2, 0.25) is 0 Å². The van der Waals surface area contributed by atoms with Crippen LogP contribution in [0.1, 0.15) is 35.8 Å². The fourth-order valence-corrected chi connectivity index (χ4v) is 1.87. The highest BCUT2D eigenvalue weighted by atomic mass is 16.1. The first-order chi connectivity index (χ1) is 9.08. The molecule has 1 aromatic carbocycles. The Balaban J connectivity index is 2.24. The molecule has 1 heterocycles. The zero-order valence-electron chi connectivity index (χ0n) is 11.1. The maximum absolute atomic E-state index is 12.1. The SMILES string of the molecule is CC(C)c1ccccc1NC(=O)c1cc(N)ccn1. The van der Waals surface area contributed by atoms with Crippen LogP contribution in [-0.2, 0) is 0 Å². The lowest BCUT2D eigenvalue weighted by molar-refractivity contribution is 0.102. The number of hydrogen-bond donors (Lipinski definition) is 2. The molecular formula is C15H17N3O. The second kappa shape index (κ2) is 5.52. The molecule has 0 saturated heterocycles. The van der Waals surface area contributed by atoms with Crippen LogP contribution in [0.3, 0.4) is 0 Å². The number of nitrogens with two attached hydrogens (primary N) is 1. The summed E-state index contributed by atoms with van der Waals surface area (Å²) in [6.07, 6.45) is 1.53. The van der Waals surface area contributed by atoms with Crippen LogP contribution in [0.5, 0.6) is 0 Å².